The Bertz CT molecular complexity index is 1240. The maximum absolute atomic E-state index is 12.3. The van der Waals surface area contributed by atoms with Gasteiger partial charge in [0.1, 0.15) is 0 Å². The molecule has 1 aliphatic carbocycles. The molecule has 2 aromatic carbocycles. The van der Waals surface area contributed by atoms with Crippen LogP contribution >= 0.6 is 0 Å². The van der Waals surface area contributed by atoms with Crippen LogP contribution in [0, 0.1) is 11.8 Å². The van der Waals surface area contributed by atoms with E-state index >= 15 is 0 Å². The fourth-order valence-electron chi connectivity index (χ4n) is 4.48. The Morgan fingerprint density at radius 2 is 1.84 bits per heavy atom. The Kier molecular flexibility index (Phi) is 4.29. The number of nitrogens with zero attached hydrogens (tertiary/aromatic N) is 6. The van der Waals surface area contributed by atoms with E-state index in [2.05, 4.69) is 68.2 Å². The molecule has 156 valence electrons. The molecule has 0 spiro atoms. The largest absolute Gasteiger partial charge is 0.342 e. The fourth-order valence-corrected chi connectivity index (χ4v) is 4.48. The number of aromatic amines is 1. The number of carbonyl (C=O) groups is 1. The van der Waals surface area contributed by atoms with Crippen molar-refractivity contribution in [1.82, 2.24) is 35.3 Å². The second-order valence-corrected chi connectivity index (χ2v) is 8.65. The monoisotopic (exact) mass is 413 g/mol. The molecule has 2 fully saturated rings. The Labute approximate surface area is 179 Å². The van der Waals surface area contributed by atoms with Gasteiger partial charge in [-0.05, 0) is 52.8 Å². The second kappa shape index (κ2) is 7.30. The zero-order valence-electron chi connectivity index (χ0n) is 17.1. The van der Waals surface area contributed by atoms with Crippen LogP contribution in [0.3, 0.4) is 0 Å². The number of amides is 1. The van der Waals surface area contributed by atoms with Crippen molar-refractivity contribution in [2.24, 2.45) is 11.8 Å². The summed E-state index contributed by atoms with van der Waals surface area (Å²) in [6.07, 6.45) is 4.95. The number of rotatable bonds is 5. The minimum Gasteiger partial charge on any atom is -0.342 e. The van der Waals surface area contributed by atoms with Crippen molar-refractivity contribution in [3.8, 4) is 22.5 Å². The number of carbonyl (C=O) groups excluding carboxylic acids is 1. The zero-order chi connectivity index (χ0) is 20.8. The molecular weight excluding hydrogens is 390 g/mol. The van der Waals surface area contributed by atoms with Crippen LogP contribution in [0.2, 0.25) is 0 Å². The molecule has 31 heavy (non-hydrogen) atoms. The van der Waals surface area contributed by atoms with Crippen molar-refractivity contribution >= 4 is 16.8 Å². The number of likely N-dealkylation sites (tertiary alicyclic amines) is 1. The molecule has 1 atom stereocenters. The fraction of sp³-hybridized carbons (Fsp3) is 0.348. The minimum atomic E-state index is 0.287. The minimum absolute atomic E-state index is 0.287. The molecule has 2 aliphatic rings. The van der Waals surface area contributed by atoms with Crippen LogP contribution in [0.15, 0.2) is 48.7 Å². The number of nitrogens with one attached hydrogen (secondary N) is 1. The highest BCUT2D eigenvalue weighted by Crippen LogP contribution is 2.33. The molecule has 0 radical (unpaired) electrons. The molecule has 1 amide bonds. The highest BCUT2D eigenvalue weighted by molar-refractivity contribution is 5.84. The number of fused-ring (bicyclic) bond motifs is 1. The first-order chi connectivity index (χ1) is 15.2. The van der Waals surface area contributed by atoms with Crippen LogP contribution in [0.5, 0.6) is 0 Å². The second-order valence-electron chi connectivity index (χ2n) is 8.65. The highest BCUT2D eigenvalue weighted by atomic mass is 16.2. The lowest BCUT2D eigenvalue weighted by Crippen LogP contribution is -2.30. The van der Waals surface area contributed by atoms with Gasteiger partial charge in [-0.25, -0.2) is 4.68 Å². The third kappa shape index (κ3) is 3.48. The van der Waals surface area contributed by atoms with Crippen LogP contribution in [0.25, 0.3) is 33.4 Å². The molecule has 0 bridgehead atoms. The van der Waals surface area contributed by atoms with Gasteiger partial charge in [0.15, 0.2) is 5.82 Å². The summed E-state index contributed by atoms with van der Waals surface area (Å²) in [7, 11) is 0. The van der Waals surface area contributed by atoms with E-state index in [9.17, 15) is 4.79 Å². The lowest BCUT2D eigenvalue weighted by atomic mass is 10.0. The summed E-state index contributed by atoms with van der Waals surface area (Å²) in [6.45, 7) is 2.39. The van der Waals surface area contributed by atoms with Crippen molar-refractivity contribution in [2.45, 2.75) is 25.8 Å². The predicted octanol–water partition coefficient (Wildman–Crippen LogP) is 3.14. The molecular formula is C23H23N7O. The van der Waals surface area contributed by atoms with Gasteiger partial charge < -0.3 is 4.90 Å². The lowest BCUT2D eigenvalue weighted by Gasteiger charge is -2.16. The molecule has 2 aromatic heterocycles. The van der Waals surface area contributed by atoms with E-state index in [-0.39, 0.29) is 5.92 Å². The first kappa shape index (κ1) is 18.2. The van der Waals surface area contributed by atoms with Crippen molar-refractivity contribution in [1.29, 1.82) is 0 Å². The molecule has 1 saturated heterocycles. The van der Waals surface area contributed by atoms with Gasteiger partial charge in [-0.2, -0.15) is 5.10 Å². The Hall–Kier alpha value is -3.55. The van der Waals surface area contributed by atoms with Crippen LogP contribution < -0.4 is 0 Å². The Morgan fingerprint density at radius 3 is 2.68 bits per heavy atom. The van der Waals surface area contributed by atoms with E-state index in [1.54, 1.807) is 0 Å². The molecule has 1 aliphatic heterocycles. The van der Waals surface area contributed by atoms with Gasteiger partial charge in [-0.3, -0.25) is 9.89 Å². The average Bonchev–Trinajstić information content (AvgIpc) is 3.17. The van der Waals surface area contributed by atoms with E-state index < -0.39 is 0 Å². The quantitative estimate of drug-likeness (QED) is 0.543. The summed E-state index contributed by atoms with van der Waals surface area (Å²) in [5.41, 5.74) is 4.27. The molecule has 0 unspecified atom stereocenters. The lowest BCUT2D eigenvalue weighted by molar-refractivity contribution is -0.131. The Morgan fingerprint density at radius 1 is 1.03 bits per heavy atom. The maximum Gasteiger partial charge on any atom is 0.225 e. The molecule has 8 heteroatoms. The SMILES string of the molecule is O=C(C1CC1)N1CC[C@@H](Cn2nnnc2-c2ccc(-c3ccc4cn[nH]c4c3)cc2)C1. The van der Waals surface area contributed by atoms with E-state index in [4.69, 9.17) is 0 Å². The normalized spacial score (nSPS) is 18.7. The van der Waals surface area contributed by atoms with Crippen molar-refractivity contribution in [3.63, 3.8) is 0 Å². The summed E-state index contributed by atoms with van der Waals surface area (Å²) in [4.78, 5) is 14.3. The number of benzene rings is 2. The molecule has 6 rings (SSSR count). The van der Waals surface area contributed by atoms with E-state index in [0.29, 0.717) is 11.8 Å². The standard InChI is InChI=1S/C23H23N7O/c31-23(18-5-6-18)29-10-9-15(13-29)14-30-22(26-27-28-30)17-3-1-16(2-4-17)19-7-8-20-12-24-25-21(20)11-19/h1-4,7-8,11-12,15,18H,5-6,9-10,13-14H2,(H,24,25)/t15-/m1/s1. The topological polar surface area (TPSA) is 92.6 Å². The maximum atomic E-state index is 12.3. The summed E-state index contributed by atoms with van der Waals surface area (Å²) in [6, 6.07) is 14.6. The first-order valence-corrected chi connectivity index (χ1v) is 10.8. The van der Waals surface area contributed by atoms with Crippen LogP contribution in [-0.2, 0) is 11.3 Å². The predicted molar refractivity (Wildman–Crippen MR) is 116 cm³/mol. The van der Waals surface area contributed by atoms with Gasteiger partial charge in [0.05, 0.1) is 11.7 Å². The third-order valence-corrected chi connectivity index (χ3v) is 6.41. The molecule has 1 N–H and O–H groups in total. The van der Waals surface area contributed by atoms with Gasteiger partial charge >= 0.3 is 0 Å². The number of hydrogen-bond donors (Lipinski definition) is 1. The zero-order valence-corrected chi connectivity index (χ0v) is 17.1. The van der Waals surface area contributed by atoms with Crippen molar-refractivity contribution < 1.29 is 4.79 Å². The molecule has 3 heterocycles. The smallest absolute Gasteiger partial charge is 0.225 e. The number of tetrazole rings is 1. The van der Waals surface area contributed by atoms with Crippen LogP contribution in [0.4, 0.5) is 0 Å². The Balaban J connectivity index is 1.18. The molecule has 8 nitrogen and oxygen atoms in total. The van der Waals surface area contributed by atoms with Crippen molar-refractivity contribution in [2.75, 3.05) is 13.1 Å². The van der Waals surface area contributed by atoms with Gasteiger partial charge in [0.25, 0.3) is 0 Å². The van der Waals surface area contributed by atoms with Gasteiger partial charge in [-0.1, -0.05) is 36.4 Å². The number of H-pyrrole nitrogens is 1. The van der Waals surface area contributed by atoms with E-state index in [1.807, 2.05) is 15.8 Å². The average molecular weight is 413 g/mol. The van der Waals surface area contributed by atoms with Crippen LogP contribution in [0.1, 0.15) is 19.3 Å². The highest BCUT2D eigenvalue weighted by Gasteiger charge is 2.36. The molecule has 4 aromatic rings. The van der Waals surface area contributed by atoms with Crippen LogP contribution in [-0.4, -0.2) is 54.3 Å². The molecule has 1 saturated carbocycles. The summed E-state index contributed by atoms with van der Waals surface area (Å²) >= 11 is 0. The first-order valence-electron chi connectivity index (χ1n) is 10.8. The van der Waals surface area contributed by atoms with E-state index in [0.717, 1.165) is 72.3 Å². The number of aromatic nitrogens is 6. The summed E-state index contributed by atoms with van der Waals surface area (Å²) in [5, 5.41) is 20.6. The summed E-state index contributed by atoms with van der Waals surface area (Å²) in [5.74, 6) is 1.78. The van der Waals surface area contributed by atoms with Crippen molar-refractivity contribution in [3.05, 3.63) is 48.7 Å². The van der Waals surface area contributed by atoms with Gasteiger partial charge in [0, 0.05) is 36.5 Å². The third-order valence-electron chi connectivity index (χ3n) is 6.41. The van der Waals surface area contributed by atoms with E-state index in [1.165, 1.54) is 0 Å². The van der Waals surface area contributed by atoms with Gasteiger partial charge in [0.2, 0.25) is 5.91 Å². The summed E-state index contributed by atoms with van der Waals surface area (Å²) < 4.78 is 1.88. The van der Waals surface area contributed by atoms with Gasteiger partial charge in [-0.15, -0.1) is 5.10 Å². The number of hydrogen-bond acceptors (Lipinski definition) is 5.